The van der Waals surface area contributed by atoms with E-state index in [2.05, 4.69) is 84.7 Å². The molecule has 20 amide bonds. The molecule has 0 fully saturated rings. The number of fused-ring (bicyclic) bond motifs is 1. The summed E-state index contributed by atoms with van der Waals surface area (Å²) < 4.78 is 0. The van der Waals surface area contributed by atoms with Gasteiger partial charge < -0.3 is 156 Å². The molecule has 1 heterocycles. The highest BCUT2D eigenvalue weighted by Gasteiger charge is 2.40. The van der Waals surface area contributed by atoms with Gasteiger partial charge in [0.25, 0.3) is 0 Å². The van der Waals surface area contributed by atoms with Crippen molar-refractivity contribution in [2.24, 2.45) is 51.8 Å². The molecule has 1 aromatic heterocycles. The van der Waals surface area contributed by atoms with Crippen LogP contribution in [0.3, 0.4) is 0 Å². The van der Waals surface area contributed by atoms with Crippen molar-refractivity contribution in [1.29, 1.82) is 5.41 Å². The second kappa shape index (κ2) is 53.8. The van der Waals surface area contributed by atoms with Crippen molar-refractivity contribution in [3.8, 4) is 11.5 Å². The van der Waals surface area contributed by atoms with E-state index in [9.17, 15) is 131 Å². The summed E-state index contributed by atoms with van der Waals surface area (Å²) in [6.07, 6.45) is -8.48. The molecule has 0 aliphatic carbocycles. The van der Waals surface area contributed by atoms with E-state index in [4.69, 9.17) is 51.3 Å². The van der Waals surface area contributed by atoms with Crippen molar-refractivity contribution < 1.29 is 131 Å². The van der Waals surface area contributed by atoms with Gasteiger partial charge in [0.15, 0.2) is 5.96 Å². The lowest BCUT2D eigenvalue weighted by atomic mass is 10.00. The van der Waals surface area contributed by atoms with Crippen LogP contribution in [0.2, 0.25) is 0 Å². The number of nitrogens with two attached hydrogens (primary N) is 8. The molecule has 0 saturated carbocycles. The number of para-hydroxylation sites is 1. The summed E-state index contributed by atoms with van der Waals surface area (Å²) in [6, 6.07) is -9.66. The van der Waals surface area contributed by atoms with Crippen LogP contribution in [0.5, 0.6) is 11.5 Å². The third-order valence-electron chi connectivity index (χ3n) is 19.5. The largest absolute Gasteiger partial charge is 0.508 e. The second-order valence-electron chi connectivity index (χ2n) is 30.9. The van der Waals surface area contributed by atoms with Gasteiger partial charge in [0.05, 0.1) is 38.8 Å². The van der Waals surface area contributed by atoms with Crippen molar-refractivity contribution in [3.63, 3.8) is 0 Å². The molecule has 0 spiro atoms. The average molecular weight is 1860 g/mol. The standard InChI is InChI=1S/C80H113N25O27/c1-36(2)25-49(70(122)99-50(26-38-10-14-41(107)15-11-38)71(123)102-54(30-62(86)113)75(127)97-48(79(131)132)20-23-60(84)111)98-69(121)46(18-21-58(82)109)94-66(118)37(3)92-67(119)45(9-6-24-90-80(88)89)95-68(120)47(19-22-59(83)110)96-78(130)57(35-106)105-76(128)55(31-63(87)114)103-72(124)51(27-39-12-16-42(108)17-13-39)100-77(129)56(32-65(116)117)104-73(125)52(28-40-34-91-44-8-5-4-7-43(40)44)101-74(126)53(29-61(85)112)93-64(115)33-81/h4-5,7-8,10-17,34,36-37,45-57,91,106-108H,6,9,18-33,35,81H2,1-3H3,(H2,82,109)(H2,83,110)(H2,84,111)(H2,85,112)(H2,86,113)(H2,87,114)(H,92,119)(H,93,115)(H,94,118)(H,95,120)(H,96,130)(H,97,127)(H,98,121)(H,99,122)(H,100,129)(H,101,126)(H,102,123)(H,103,124)(H,104,125)(H,105,128)(H,116,117)(H,131,132)(H4,88,89,90). The number of H-pyrrole nitrogens is 1. The molecule has 0 bridgehead atoms. The molecule has 14 unspecified atom stereocenters. The van der Waals surface area contributed by atoms with Crippen LogP contribution < -0.4 is 126 Å². The molecule has 720 valence electrons. The first-order valence-electron chi connectivity index (χ1n) is 41.0. The number of carbonyl (C=O) groups is 22. The maximum atomic E-state index is 14.6. The molecule has 14 atom stereocenters. The Balaban J connectivity index is 1.63. The number of aromatic hydroxyl groups is 2. The Kier molecular flexibility index (Phi) is 44.3. The Morgan fingerprint density at radius 1 is 0.371 bits per heavy atom. The first-order chi connectivity index (χ1) is 62.1. The van der Waals surface area contributed by atoms with E-state index >= 15 is 0 Å². The van der Waals surface area contributed by atoms with Gasteiger partial charge in [-0.2, -0.15) is 0 Å². The van der Waals surface area contributed by atoms with E-state index in [1.807, 2.05) is 0 Å². The molecule has 0 radical (unpaired) electrons. The Morgan fingerprint density at radius 2 is 0.705 bits per heavy atom. The van der Waals surface area contributed by atoms with Crippen LogP contribution in [0.25, 0.3) is 10.9 Å². The highest BCUT2D eigenvalue weighted by Crippen LogP contribution is 2.21. The number of carboxylic acid groups (broad SMARTS) is 2. The number of carboxylic acids is 2. The molecule has 4 rings (SSSR count). The number of rotatable bonds is 59. The van der Waals surface area contributed by atoms with Crippen LogP contribution >= 0.6 is 0 Å². The number of aliphatic hydroxyl groups excluding tert-OH is 1. The summed E-state index contributed by atoms with van der Waals surface area (Å²) in [5.41, 5.74) is 44.6. The first-order valence-corrected chi connectivity index (χ1v) is 41.0. The summed E-state index contributed by atoms with van der Waals surface area (Å²) in [6.45, 7) is 2.14. The van der Waals surface area contributed by atoms with Gasteiger partial charge in [-0.3, -0.25) is 106 Å². The minimum absolute atomic E-state index is 0.127. The zero-order valence-corrected chi connectivity index (χ0v) is 71.9. The van der Waals surface area contributed by atoms with Crippen molar-refractivity contribution in [3.05, 3.63) is 95.7 Å². The number of amides is 20. The van der Waals surface area contributed by atoms with Crippen molar-refractivity contribution in [2.45, 2.75) is 208 Å². The molecule has 0 aliphatic rings. The van der Waals surface area contributed by atoms with E-state index < -0.39 is 330 Å². The molecule has 0 saturated heterocycles. The van der Waals surface area contributed by atoms with E-state index in [-0.39, 0.29) is 42.0 Å². The lowest BCUT2D eigenvalue weighted by Gasteiger charge is -2.28. The van der Waals surface area contributed by atoms with Crippen LogP contribution in [0, 0.1) is 11.3 Å². The third-order valence-corrected chi connectivity index (χ3v) is 19.5. The fourth-order valence-electron chi connectivity index (χ4n) is 12.8. The number of hydrogen-bond donors (Lipinski definition) is 30. The van der Waals surface area contributed by atoms with Crippen LogP contribution in [0.4, 0.5) is 0 Å². The molecule has 0 aliphatic heterocycles. The predicted octanol–water partition coefficient (Wildman–Crippen LogP) is -11.3. The molecule has 52 heteroatoms. The van der Waals surface area contributed by atoms with Crippen LogP contribution in [-0.4, -0.2) is 271 Å². The number of nitrogens with one attached hydrogen (secondary N) is 17. The number of benzene rings is 3. The molecular formula is C80H113N25O27. The number of aromatic nitrogens is 1. The quantitative estimate of drug-likeness (QED) is 0.0111. The minimum atomic E-state index is -2.19. The Labute approximate surface area is 752 Å². The number of aliphatic hydroxyl groups is 1. The van der Waals surface area contributed by atoms with Gasteiger partial charge in [0.1, 0.15) is 96.1 Å². The van der Waals surface area contributed by atoms with E-state index in [1.165, 1.54) is 42.6 Å². The lowest BCUT2D eigenvalue weighted by molar-refractivity contribution is -0.143. The molecule has 132 heavy (non-hydrogen) atoms. The third kappa shape index (κ3) is 38.9. The average Bonchev–Trinajstić information content (AvgIpc) is 1.67. The van der Waals surface area contributed by atoms with Gasteiger partial charge in [0, 0.05) is 62.2 Å². The number of phenols is 2. The van der Waals surface area contributed by atoms with Crippen LogP contribution in [0.15, 0.2) is 79.0 Å². The topological polar surface area (TPSA) is 905 Å². The zero-order chi connectivity index (χ0) is 98.9. The first kappa shape index (κ1) is 109. The van der Waals surface area contributed by atoms with Crippen molar-refractivity contribution in [1.82, 2.24) is 84.7 Å². The Hall–Kier alpha value is -15.7. The van der Waals surface area contributed by atoms with Crippen molar-refractivity contribution in [2.75, 3.05) is 19.7 Å². The monoisotopic (exact) mass is 1860 g/mol. The van der Waals surface area contributed by atoms with Gasteiger partial charge in [-0.1, -0.05) is 56.3 Å². The summed E-state index contributed by atoms with van der Waals surface area (Å²) in [5, 5.41) is 93.2. The van der Waals surface area contributed by atoms with Crippen LogP contribution in [0.1, 0.15) is 121 Å². The molecule has 4 aromatic rings. The molecule has 38 N–H and O–H groups in total. The Morgan fingerprint density at radius 3 is 1.11 bits per heavy atom. The number of primary amides is 6. The Bertz CT molecular complexity index is 4860. The van der Waals surface area contributed by atoms with E-state index in [1.54, 1.807) is 38.1 Å². The summed E-state index contributed by atoms with van der Waals surface area (Å²) in [5.74, 6) is -28.9. The molecular weight excluding hydrogens is 1740 g/mol. The predicted molar refractivity (Wildman–Crippen MR) is 460 cm³/mol. The number of carbonyl (C=O) groups excluding carboxylic acids is 20. The van der Waals surface area contributed by atoms with E-state index in [0.29, 0.717) is 16.5 Å². The second-order valence-corrected chi connectivity index (χ2v) is 30.9. The lowest BCUT2D eigenvalue weighted by Crippen LogP contribution is -2.62. The van der Waals surface area contributed by atoms with Gasteiger partial charge in [-0.15, -0.1) is 0 Å². The molecule has 52 nitrogen and oxygen atoms in total. The van der Waals surface area contributed by atoms with Crippen LogP contribution in [-0.2, 0) is 125 Å². The number of hydrogen-bond acceptors (Lipinski definition) is 27. The SMILES string of the molecule is CC(C)CC(NC(=O)C(CCC(N)=O)NC(=O)C(C)NC(=O)C(CCCNC(=N)N)NC(=O)C(CCC(N)=O)NC(=O)C(CO)NC(=O)C(CC(N)=O)NC(=O)C(Cc1ccc(O)cc1)NC(=O)C(CC(=O)O)NC(=O)C(Cc1c[nH]c2ccccc12)NC(=O)C(CC(N)=O)NC(=O)CN)C(=O)NC(Cc1ccc(O)cc1)C(=O)NC(CC(N)=O)C(=O)NC(CCC(N)=O)C(=O)O. The van der Waals surface area contributed by atoms with Crippen molar-refractivity contribution >= 4 is 147 Å². The fourth-order valence-corrected chi connectivity index (χ4v) is 12.8. The highest BCUT2D eigenvalue weighted by molar-refractivity contribution is 6.03. The van der Waals surface area contributed by atoms with Gasteiger partial charge in [-0.25, -0.2) is 4.79 Å². The molecule has 3 aromatic carbocycles. The van der Waals surface area contributed by atoms with Gasteiger partial charge >= 0.3 is 11.9 Å². The summed E-state index contributed by atoms with van der Waals surface area (Å²) in [4.78, 5) is 299. The zero-order valence-electron chi connectivity index (χ0n) is 71.9. The maximum Gasteiger partial charge on any atom is 0.326 e. The summed E-state index contributed by atoms with van der Waals surface area (Å²) in [7, 11) is 0. The highest BCUT2D eigenvalue weighted by atomic mass is 16.4. The smallest absolute Gasteiger partial charge is 0.326 e. The normalized spacial score (nSPS) is 14.1. The van der Waals surface area contributed by atoms with Gasteiger partial charge in [-0.05, 0) is 98.4 Å². The number of phenolic OH excluding ortho intramolecular Hbond substituents is 2. The van der Waals surface area contributed by atoms with E-state index in [0.717, 1.165) is 19.1 Å². The number of aromatic amines is 1. The summed E-state index contributed by atoms with van der Waals surface area (Å²) >= 11 is 0. The number of guanidine groups is 1. The van der Waals surface area contributed by atoms with Gasteiger partial charge in [0.2, 0.25) is 118 Å². The maximum absolute atomic E-state index is 14.6. The fraction of sp³-hybridized carbons (Fsp3) is 0.463. The minimum Gasteiger partial charge on any atom is -0.508 e. The number of aliphatic carboxylic acids is 2.